The fraction of sp³-hybridized carbons (Fsp3) is 0.188. The molecule has 1 aromatic heterocycles. The van der Waals surface area contributed by atoms with Crippen LogP contribution >= 0.6 is 0 Å². The van der Waals surface area contributed by atoms with Gasteiger partial charge >= 0.3 is 0 Å². The SMILES string of the molecule is Cc1cccc(-c2nc3c(C)cc(C)cc3o2)c1. The van der Waals surface area contributed by atoms with Crippen molar-refractivity contribution in [3.63, 3.8) is 0 Å². The van der Waals surface area contributed by atoms with E-state index in [1.54, 1.807) is 0 Å². The summed E-state index contributed by atoms with van der Waals surface area (Å²) >= 11 is 0. The number of benzene rings is 2. The minimum atomic E-state index is 0.697. The van der Waals surface area contributed by atoms with Gasteiger partial charge in [0.25, 0.3) is 0 Å². The van der Waals surface area contributed by atoms with Gasteiger partial charge in [0.1, 0.15) is 5.52 Å². The molecule has 0 amide bonds. The second-order valence-electron chi connectivity index (χ2n) is 4.82. The molecule has 0 N–H and O–H groups in total. The average molecular weight is 237 g/mol. The van der Waals surface area contributed by atoms with Crippen molar-refractivity contribution in [2.24, 2.45) is 0 Å². The Morgan fingerprint density at radius 2 is 1.78 bits per heavy atom. The zero-order chi connectivity index (χ0) is 12.7. The summed E-state index contributed by atoms with van der Waals surface area (Å²) in [5, 5.41) is 0. The quantitative estimate of drug-likeness (QED) is 0.626. The zero-order valence-corrected chi connectivity index (χ0v) is 10.8. The molecule has 0 atom stereocenters. The molecule has 0 unspecified atom stereocenters. The summed E-state index contributed by atoms with van der Waals surface area (Å²) in [6.07, 6.45) is 0. The lowest BCUT2D eigenvalue weighted by atomic mass is 10.1. The molecule has 2 heteroatoms. The Bertz CT molecular complexity index is 725. The Morgan fingerprint density at radius 1 is 0.944 bits per heavy atom. The molecule has 3 aromatic rings. The van der Waals surface area contributed by atoms with Gasteiger partial charge in [-0.25, -0.2) is 4.98 Å². The fourth-order valence-electron chi connectivity index (χ4n) is 2.27. The summed E-state index contributed by atoms with van der Waals surface area (Å²) in [5.41, 5.74) is 6.42. The van der Waals surface area contributed by atoms with E-state index in [0.29, 0.717) is 5.89 Å². The van der Waals surface area contributed by atoms with Crippen LogP contribution in [0.5, 0.6) is 0 Å². The second-order valence-corrected chi connectivity index (χ2v) is 4.82. The van der Waals surface area contributed by atoms with Gasteiger partial charge in [-0.1, -0.05) is 23.8 Å². The maximum absolute atomic E-state index is 5.86. The Hall–Kier alpha value is -2.09. The first-order valence-electron chi connectivity index (χ1n) is 6.08. The van der Waals surface area contributed by atoms with Crippen molar-refractivity contribution in [2.75, 3.05) is 0 Å². The summed E-state index contributed by atoms with van der Waals surface area (Å²) < 4.78 is 5.86. The Morgan fingerprint density at radius 3 is 2.56 bits per heavy atom. The van der Waals surface area contributed by atoms with E-state index in [9.17, 15) is 0 Å². The molecule has 0 saturated carbocycles. The molecule has 0 spiro atoms. The van der Waals surface area contributed by atoms with Crippen LogP contribution in [0.4, 0.5) is 0 Å². The highest BCUT2D eigenvalue weighted by atomic mass is 16.3. The number of hydrogen-bond donors (Lipinski definition) is 0. The van der Waals surface area contributed by atoms with Crippen LogP contribution in [-0.2, 0) is 0 Å². The average Bonchev–Trinajstić information content (AvgIpc) is 2.73. The first kappa shape index (κ1) is 11.0. The largest absolute Gasteiger partial charge is 0.436 e. The number of hydrogen-bond acceptors (Lipinski definition) is 2. The van der Waals surface area contributed by atoms with Gasteiger partial charge in [-0.2, -0.15) is 0 Å². The molecule has 0 bridgehead atoms. The number of oxazole rings is 1. The van der Waals surface area contributed by atoms with Gasteiger partial charge in [0.05, 0.1) is 0 Å². The van der Waals surface area contributed by atoms with Crippen LogP contribution in [0.25, 0.3) is 22.6 Å². The lowest BCUT2D eigenvalue weighted by Gasteiger charge is -1.95. The molecule has 0 aliphatic carbocycles. The normalized spacial score (nSPS) is 11.1. The first-order valence-corrected chi connectivity index (χ1v) is 6.08. The third-order valence-corrected chi connectivity index (χ3v) is 3.09. The van der Waals surface area contributed by atoms with Crippen molar-refractivity contribution in [1.82, 2.24) is 4.98 Å². The molecule has 2 nitrogen and oxygen atoms in total. The number of rotatable bonds is 1. The number of aryl methyl sites for hydroxylation is 3. The highest BCUT2D eigenvalue weighted by Crippen LogP contribution is 2.27. The molecule has 90 valence electrons. The summed E-state index contributed by atoms with van der Waals surface area (Å²) in [5.74, 6) is 0.697. The molecular weight excluding hydrogens is 222 g/mol. The van der Waals surface area contributed by atoms with Gasteiger partial charge in [0.15, 0.2) is 5.58 Å². The maximum atomic E-state index is 5.86. The van der Waals surface area contributed by atoms with Crippen LogP contribution in [0.15, 0.2) is 40.8 Å². The molecule has 0 aliphatic rings. The van der Waals surface area contributed by atoms with E-state index in [4.69, 9.17) is 4.42 Å². The Kier molecular flexibility index (Phi) is 2.44. The second kappa shape index (κ2) is 3.98. The third kappa shape index (κ3) is 1.80. The summed E-state index contributed by atoms with van der Waals surface area (Å²) in [7, 11) is 0. The molecule has 3 rings (SSSR count). The van der Waals surface area contributed by atoms with Gasteiger partial charge in [-0.05, 0) is 50.1 Å². The minimum Gasteiger partial charge on any atom is -0.436 e. The Labute approximate surface area is 106 Å². The van der Waals surface area contributed by atoms with Crippen molar-refractivity contribution in [3.05, 3.63) is 53.1 Å². The van der Waals surface area contributed by atoms with E-state index in [1.807, 2.05) is 18.2 Å². The summed E-state index contributed by atoms with van der Waals surface area (Å²) in [6.45, 7) is 6.21. The third-order valence-electron chi connectivity index (χ3n) is 3.09. The molecule has 1 heterocycles. The minimum absolute atomic E-state index is 0.697. The van der Waals surface area contributed by atoms with Crippen LogP contribution in [0.2, 0.25) is 0 Å². The van der Waals surface area contributed by atoms with Gasteiger partial charge in [0, 0.05) is 5.56 Å². The van der Waals surface area contributed by atoms with Gasteiger partial charge in [-0.3, -0.25) is 0 Å². The summed E-state index contributed by atoms with van der Waals surface area (Å²) in [4.78, 5) is 4.60. The summed E-state index contributed by atoms with van der Waals surface area (Å²) in [6, 6.07) is 12.4. The number of fused-ring (bicyclic) bond motifs is 1. The molecule has 0 fully saturated rings. The van der Waals surface area contributed by atoms with E-state index in [2.05, 4.69) is 44.0 Å². The monoisotopic (exact) mass is 237 g/mol. The zero-order valence-electron chi connectivity index (χ0n) is 10.8. The molecule has 0 saturated heterocycles. The first-order chi connectivity index (χ1) is 8.63. The number of nitrogens with zero attached hydrogens (tertiary/aromatic N) is 1. The van der Waals surface area contributed by atoms with E-state index < -0.39 is 0 Å². The Balaban J connectivity index is 2.22. The van der Waals surface area contributed by atoms with Crippen molar-refractivity contribution in [2.45, 2.75) is 20.8 Å². The van der Waals surface area contributed by atoms with Crippen LogP contribution in [0.1, 0.15) is 16.7 Å². The topological polar surface area (TPSA) is 26.0 Å². The van der Waals surface area contributed by atoms with E-state index in [-0.39, 0.29) is 0 Å². The fourth-order valence-corrected chi connectivity index (χ4v) is 2.27. The molecule has 0 aliphatic heterocycles. The smallest absolute Gasteiger partial charge is 0.227 e. The van der Waals surface area contributed by atoms with E-state index >= 15 is 0 Å². The lowest BCUT2D eigenvalue weighted by molar-refractivity contribution is 0.619. The maximum Gasteiger partial charge on any atom is 0.227 e. The van der Waals surface area contributed by atoms with Crippen molar-refractivity contribution >= 4 is 11.1 Å². The van der Waals surface area contributed by atoms with E-state index in [1.165, 1.54) is 11.1 Å². The van der Waals surface area contributed by atoms with E-state index in [0.717, 1.165) is 22.2 Å². The van der Waals surface area contributed by atoms with Gasteiger partial charge in [-0.15, -0.1) is 0 Å². The molecule has 2 aromatic carbocycles. The van der Waals surface area contributed by atoms with Gasteiger partial charge < -0.3 is 4.42 Å². The predicted molar refractivity (Wildman–Crippen MR) is 73.7 cm³/mol. The van der Waals surface area contributed by atoms with Crippen molar-refractivity contribution in [3.8, 4) is 11.5 Å². The predicted octanol–water partition coefficient (Wildman–Crippen LogP) is 4.42. The van der Waals surface area contributed by atoms with Crippen LogP contribution in [0, 0.1) is 20.8 Å². The molecule has 18 heavy (non-hydrogen) atoms. The van der Waals surface area contributed by atoms with Crippen molar-refractivity contribution in [1.29, 1.82) is 0 Å². The van der Waals surface area contributed by atoms with Crippen LogP contribution < -0.4 is 0 Å². The number of aromatic nitrogens is 1. The van der Waals surface area contributed by atoms with Crippen molar-refractivity contribution < 1.29 is 4.42 Å². The molecule has 0 radical (unpaired) electrons. The van der Waals surface area contributed by atoms with Crippen LogP contribution in [0.3, 0.4) is 0 Å². The highest BCUT2D eigenvalue weighted by molar-refractivity contribution is 5.80. The standard InChI is InChI=1S/C16H15NO/c1-10-5-4-6-13(8-10)16-17-15-12(3)7-11(2)9-14(15)18-16/h4-9H,1-3H3. The highest BCUT2D eigenvalue weighted by Gasteiger charge is 2.10. The van der Waals surface area contributed by atoms with Gasteiger partial charge in [0.2, 0.25) is 5.89 Å². The lowest BCUT2D eigenvalue weighted by Crippen LogP contribution is -1.80. The molecular formula is C16H15NO. The van der Waals surface area contributed by atoms with Crippen LogP contribution in [-0.4, -0.2) is 4.98 Å².